The van der Waals surface area contributed by atoms with E-state index >= 15 is 0 Å². The Labute approximate surface area is 128 Å². The number of nitrogens with one attached hydrogen (secondary N) is 2. The van der Waals surface area contributed by atoms with Crippen LogP contribution in [0.4, 0.5) is 0 Å². The van der Waals surface area contributed by atoms with E-state index < -0.39 is 10.0 Å². The second-order valence-electron chi connectivity index (χ2n) is 6.68. The highest BCUT2D eigenvalue weighted by Crippen LogP contribution is 2.37. The zero-order valence-electron chi connectivity index (χ0n) is 13.4. The van der Waals surface area contributed by atoms with E-state index in [-0.39, 0.29) is 5.41 Å². The Morgan fingerprint density at radius 2 is 2.05 bits per heavy atom. The summed E-state index contributed by atoms with van der Waals surface area (Å²) in [4.78, 5) is 0.381. The standard InChI is InChI=1S/C15H27N3O2S/c1-5-15(2,3)11-17-21(19,20)14-8-13(9-16-4)18(10-14)12-6-7-12/h8,10,12,16-17H,5-7,9,11H2,1-4H3. The number of sulfonamides is 1. The van der Waals surface area contributed by atoms with Gasteiger partial charge in [0, 0.05) is 31.0 Å². The molecule has 1 fully saturated rings. The first kappa shape index (κ1) is 16.5. The van der Waals surface area contributed by atoms with Crippen molar-refractivity contribution in [1.82, 2.24) is 14.6 Å². The summed E-state index contributed by atoms with van der Waals surface area (Å²) in [5, 5.41) is 3.10. The summed E-state index contributed by atoms with van der Waals surface area (Å²) in [5.41, 5.74) is 1.01. The molecule has 0 aliphatic heterocycles. The smallest absolute Gasteiger partial charge is 0.242 e. The van der Waals surface area contributed by atoms with Crippen molar-refractivity contribution in [2.75, 3.05) is 13.6 Å². The fourth-order valence-electron chi connectivity index (χ4n) is 2.16. The van der Waals surface area contributed by atoms with E-state index in [1.807, 2.05) is 7.05 Å². The van der Waals surface area contributed by atoms with Gasteiger partial charge in [-0.05, 0) is 37.8 Å². The van der Waals surface area contributed by atoms with Gasteiger partial charge >= 0.3 is 0 Å². The molecule has 1 aliphatic carbocycles. The topological polar surface area (TPSA) is 63.1 Å². The van der Waals surface area contributed by atoms with Crippen molar-refractivity contribution in [2.24, 2.45) is 5.41 Å². The fraction of sp³-hybridized carbons (Fsp3) is 0.733. The summed E-state index contributed by atoms with van der Waals surface area (Å²) in [6, 6.07) is 2.26. The van der Waals surface area contributed by atoms with Crippen molar-refractivity contribution < 1.29 is 8.42 Å². The molecule has 1 saturated carbocycles. The fourth-order valence-corrected chi connectivity index (χ4v) is 3.45. The number of hydrogen-bond donors (Lipinski definition) is 2. The zero-order valence-corrected chi connectivity index (χ0v) is 14.3. The van der Waals surface area contributed by atoms with Gasteiger partial charge in [-0.15, -0.1) is 0 Å². The summed E-state index contributed by atoms with van der Waals surface area (Å²) in [6.45, 7) is 7.35. The summed E-state index contributed by atoms with van der Waals surface area (Å²) in [5.74, 6) is 0. The molecule has 2 rings (SSSR count). The van der Waals surface area contributed by atoms with Gasteiger partial charge in [0.15, 0.2) is 0 Å². The van der Waals surface area contributed by atoms with Crippen LogP contribution in [0.1, 0.15) is 51.8 Å². The van der Waals surface area contributed by atoms with Crippen LogP contribution in [0.15, 0.2) is 17.2 Å². The predicted molar refractivity (Wildman–Crippen MR) is 84.7 cm³/mol. The Morgan fingerprint density at radius 1 is 1.38 bits per heavy atom. The van der Waals surface area contributed by atoms with Gasteiger partial charge in [0.05, 0.1) is 4.90 Å². The van der Waals surface area contributed by atoms with Crippen LogP contribution in [-0.2, 0) is 16.6 Å². The molecule has 0 unspecified atom stereocenters. The molecule has 0 spiro atoms. The van der Waals surface area contributed by atoms with Crippen molar-refractivity contribution in [3.8, 4) is 0 Å². The Balaban J connectivity index is 2.18. The third kappa shape index (κ3) is 4.08. The van der Waals surface area contributed by atoms with Gasteiger partial charge in [0.2, 0.25) is 10.0 Å². The minimum Gasteiger partial charge on any atom is -0.346 e. The van der Waals surface area contributed by atoms with Crippen LogP contribution >= 0.6 is 0 Å². The number of nitrogens with zero attached hydrogens (tertiary/aromatic N) is 1. The summed E-state index contributed by atoms with van der Waals surface area (Å²) >= 11 is 0. The minimum absolute atomic E-state index is 0.0278. The summed E-state index contributed by atoms with van der Waals surface area (Å²) in [7, 11) is -1.55. The average molecular weight is 313 g/mol. The number of aromatic nitrogens is 1. The molecule has 6 heteroatoms. The molecule has 1 aliphatic rings. The van der Waals surface area contributed by atoms with Crippen LogP contribution in [-0.4, -0.2) is 26.6 Å². The first-order valence-electron chi connectivity index (χ1n) is 7.64. The lowest BCUT2D eigenvalue weighted by atomic mass is 9.91. The molecule has 1 aromatic heterocycles. The summed E-state index contributed by atoms with van der Waals surface area (Å²) < 4.78 is 29.8. The lowest BCUT2D eigenvalue weighted by molar-refractivity contribution is 0.350. The molecule has 0 radical (unpaired) electrons. The molecule has 5 nitrogen and oxygen atoms in total. The van der Waals surface area contributed by atoms with Gasteiger partial charge in [-0.3, -0.25) is 0 Å². The Morgan fingerprint density at radius 3 is 2.57 bits per heavy atom. The van der Waals surface area contributed by atoms with Crippen LogP contribution in [0.5, 0.6) is 0 Å². The average Bonchev–Trinajstić information content (AvgIpc) is 3.18. The van der Waals surface area contributed by atoms with Gasteiger partial charge in [-0.25, -0.2) is 13.1 Å². The van der Waals surface area contributed by atoms with Crippen molar-refractivity contribution in [2.45, 2.75) is 57.5 Å². The monoisotopic (exact) mass is 313 g/mol. The molecule has 0 amide bonds. The van der Waals surface area contributed by atoms with Gasteiger partial charge in [0.25, 0.3) is 0 Å². The van der Waals surface area contributed by atoms with E-state index in [2.05, 4.69) is 35.4 Å². The predicted octanol–water partition coefficient (Wildman–Crippen LogP) is 2.26. The molecule has 1 aromatic rings. The van der Waals surface area contributed by atoms with E-state index in [1.165, 1.54) is 0 Å². The molecular weight excluding hydrogens is 286 g/mol. The SMILES string of the molecule is CCC(C)(C)CNS(=O)(=O)c1cc(CNC)n(C2CC2)c1. The molecule has 1 heterocycles. The van der Waals surface area contributed by atoms with E-state index in [4.69, 9.17) is 0 Å². The second kappa shape index (κ2) is 6.10. The molecule has 120 valence electrons. The van der Waals surface area contributed by atoms with Crippen LogP contribution in [0, 0.1) is 5.41 Å². The minimum atomic E-state index is -3.43. The third-order valence-electron chi connectivity index (χ3n) is 4.21. The largest absolute Gasteiger partial charge is 0.346 e. The van der Waals surface area contributed by atoms with Crippen molar-refractivity contribution >= 4 is 10.0 Å². The first-order chi connectivity index (χ1) is 9.79. The molecule has 0 saturated heterocycles. The lowest BCUT2D eigenvalue weighted by Crippen LogP contribution is -2.33. The lowest BCUT2D eigenvalue weighted by Gasteiger charge is -2.22. The van der Waals surface area contributed by atoms with Gasteiger partial charge in [-0.2, -0.15) is 0 Å². The Hall–Kier alpha value is -0.850. The Bertz CT molecular complexity index is 586. The second-order valence-corrected chi connectivity index (χ2v) is 8.45. The van der Waals surface area contributed by atoms with E-state index in [9.17, 15) is 8.42 Å². The van der Waals surface area contributed by atoms with Crippen LogP contribution in [0.2, 0.25) is 0 Å². The van der Waals surface area contributed by atoms with E-state index in [0.717, 1.165) is 25.0 Å². The maximum atomic E-state index is 12.5. The normalized spacial score (nSPS) is 16.4. The summed E-state index contributed by atoms with van der Waals surface area (Å²) in [6.07, 6.45) is 5.00. The molecular formula is C15H27N3O2S. The third-order valence-corrected chi connectivity index (χ3v) is 5.58. The van der Waals surface area contributed by atoms with E-state index in [0.29, 0.717) is 24.0 Å². The van der Waals surface area contributed by atoms with Gasteiger partial charge < -0.3 is 9.88 Å². The molecule has 2 N–H and O–H groups in total. The van der Waals surface area contributed by atoms with Crippen molar-refractivity contribution in [3.63, 3.8) is 0 Å². The number of hydrogen-bond acceptors (Lipinski definition) is 3. The zero-order chi connectivity index (χ0) is 15.7. The molecule has 21 heavy (non-hydrogen) atoms. The van der Waals surface area contributed by atoms with Crippen molar-refractivity contribution in [1.29, 1.82) is 0 Å². The van der Waals surface area contributed by atoms with Crippen molar-refractivity contribution in [3.05, 3.63) is 18.0 Å². The highest BCUT2D eigenvalue weighted by atomic mass is 32.2. The molecule has 0 atom stereocenters. The quantitative estimate of drug-likeness (QED) is 0.774. The molecule has 0 aromatic carbocycles. The van der Waals surface area contributed by atoms with Gasteiger partial charge in [0.1, 0.15) is 0 Å². The van der Waals surface area contributed by atoms with Crippen LogP contribution in [0.25, 0.3) is 0 Å². The maximum absolute atomic E-state index is 12.5. The first-order valence-corrected chi connectivity index (χ1v) is 9.12. The molecule has 0 bridgehead atoms. The highest BCUT2D eigenvalue weighted by molar-refractivity contribution is 7.89. The Kier molecular flexibility index (Phi) is 4.80. The van der Waals surface area contributed by atoms with Crippen LogP contribution in [0.3, 0.4) is 0 Å². The number of rotatable bonds is 8. The van der Waals surface area contributed by atoms with E-state index in [1.54, 1.807) is 12.3 Å². The highest BCUT2D eigenvalue weighted by Gasteiger charge is 2.28. The maximum Gasteiger partial charge on any atom is 0.242 e. The van der Waals surface area contributed by atoms with Gasteiger partial charge in [-0.1, -0.05) is 20.8 Å². The van der Waals surface area contributed by atoms with Crippen LogP contribution < -0.4 is 10.0 Å².